The van der Waals surface area contributed by atoms with E-state index in [9.17, 15) is 18.0 Å². The molecule has 150 valence electrons. The Bertz CT molecular complexity index is 801. The van der Waals surface area contributed by atoms with Crippen molar-refractivity contribution < 1.29 is 49.2 Å². The van der Waals surface area contributed by atoms with Gasteiger partial charge in [0.15, 0.2) is 5.78 Å². The molecule has 4 nitrogen and oxygen atoms in total. The second-order valence-electron chi connectivity index (χ2n) is 5.59. The molecule has 0 aliphatic carbocycles. The van der Waals surface area contributed by atoms with Crippen LogP contribution in [0.5, 0.6) is 0 Å². The number of aryl methyl sites for hydroxylation is 1. The minimum absolute atomic E-state index is 0. The zero-order valence-corrected chi connectivity index (χ0v) is 17.1. The first-order chi connectivity index (χ1) is 12.0. The van der Waals surface area contributed by atoms with Crippen molar-refractivity contribution in [3.63, 3.8) is 0 Å². The summed E-state index contributed by atoms with van der Waals surface area (Å²) in [7, 11) is 0. The SMILES string of the molecule is CC(=O)/C=C(/C)O.Cc1cc(-c2cc(CO)ccn2)[c-]c(C(F)(F)F)c1.[Pt]. The van der Waals surface area contributed by atoms with Gasteiger partial charge >= 0.3 is 6.18 Å². The second kappa shape index (κ2) is 11.0. The Labute approximate surface area is 170 Å². The number of ketones is 1. The molecule has 27 heavy (non-hydrogen) atoms. The van der Waals surface area contributed by atoms with Gasteiger partial charge in [-0.3, -0.25) is 4.79 Å². The first-order valence-corrected chi connectivity index (χ1v) is 7.58. The summed E-state index contributed by atoms with van der Waals surface area (Å²) in [5.41, 5.74) is 0.882. The molecule has 2 aromatic rings. The Balaban J connectivity index is 0.000000728. The average molecular weight is 561 g/mol. The third-order valence-corrected chi connectivity index (χ3v) is 3.01. The third-order valence-electron chi connectivity index (χ3n) is 3.01. The number of aliphatic hydroxyl groups excluding tert-OH is 2. The number of aliphatic hydroxyl groups is 2. The quantitative estimate of drug-likeness (QED) is 0.331. The predicted molar refractivity (Wildman–Crippen MR) is 91.2 cm³/mol. The van der Waals surface area contributed by atoms with E-state index in [-0.39, 0.29) is 44.8 Å². The molecule has 1 aromatic carbocycles. The largest absolute Gasteiger partial charge is 0.512 e. The molecular formula is C19H19F3NO3Pt-. The van der Waals surface area contributed by atoms with Crippen LogP contribution in [0.4, 0.5) is 13.2 Å². The van der Waals surface area contributed by atoms with Gasteiger partial charge in [0.2, 0.25) is 0 Å². The van der Waals surface area contributed by atoms with E-state index in [4.69, 9.17) is 10.2 Å². The Kier molecular flexibility index (Phi) is 10.2. The summed E-state index contributed by atoms with van der Waals surface area (Å²) in [6.45, 7) is 4.25. The summed E-state index contributed by atoms with van der Waals surface area (Å²) in [6, 6.07) is 8.10. The van der Waals surface area contributed by atoms with Crippen molar-refractivity contribution in [3.8, 4) is 11.3 Å². The Hall–Kier alpha value is -1.98. The van der Waals surface area contributed by atoms with E-state index in [1.54, 1.807) is 25.1 Å². The van der Waals surface area contributed by atoms with Crippen molar-refractivity contribution in [1.29, 1.82) is 0 Å². The topological polar surface area (TPSA) is 70.4 Å². The summed E-state index contributed by atoms with van der Waals surface area (Å²) in [5, 5.41) is 17.4. The molecule has 0 aliphatic rings. The van der Waals surface area contributed by atoms with Crippen LogP contribution in [-0.2, 0) is 38.6 Å². The third kappa shape index (κ3) is 8.98. The number of benzene rings is 1. The van der Waals surface area contributed by atoms with Gasteiger partial charge in [0.25, 0.3) is 0 Å². The van der Waals surface area contributed by atoms with E-state index in [0.717, 1.165) is 6.07 Å². The molecule has 0 spiro atoms. The fourth-order valence-corrected chi connectivity index (χ4v) is 2.02. The maximum absolute atomic E-state index is 12.7. The van der Waals surface area contributed by atoms with Crippen molar-refractivity contribution in [2.24, 2.45) is 0 Å². The van der Waals surface area contributed by atoms with E-state index >= 15 is 0 Å². The minimum atomic E-state index is -4.44. The zero-order valence-electron chi connectivity index (χ0n) is 14.9. The molecule has 0 bridgehead atoms. The van der Waals surface area contributed by atoms with Gasteiger partial charge in [-0.1, -0.05) is 13.0 Å². The first-order valence-electron chi connectivity index (χ1n) is 7.58. The molecule has 1 aromatic heterocycles. The number of nitrogens with zero attached hydrogens (tertiary/aromatic N) is 1. The molecule has 0 atom stereocenters. The first kappa shape index (κ1) is 25.0. The van der Waals surface area contributed by atoms with Crippen LogP contribution in [0.25, 0.3) is 11.3 Å². The van der Waals surface area contributed by atoms with Crippen LogP contribution in [0.3, 0.4) is 0 Å². The fraction of sp³-hybridized carbons (Fsp3) is 0.263. The number of carbonyl (C=O) groups excluding carboxylic acids is 1. The van der Waals surface area contributed by atoms with Crippen molar-refractivity contribution in [2.75, 3.05) is 0 Å². The molecule has 2 rings (SSSR count). The number of pyridine rings is 1. The van der Waals surface area contributed by atoms with E-state index in [1.165, 1.54) is 26.1 Å². The molecule has 2 N–H and O–H groups in total. The second-order valence-corrected chi connectivity index (χ2v) is 5.59. The molecule has 0 aliphatic heterocycles. The molecule has 0 unspecified atom stereocenters. The van der Waals surface area contributed by atoms with Gasteiger partial charge in [-0.2, -0.15) is 13.2 Å². The van der Waals surface area contributed by atoms with Crippen molar-refractivity contribution in [3.05, 3.63) is 65.1 Å². The van der Waals surface area contributed by atoms with Gasteiger partial charge in [-0.15, -0.1) is 29.3 Å². The van der Waals surface area contributed by atoms with E-state index < -0.39 is 11.7 Å². The molecule has 8 heteroatoms. The van der Waals surface area contributed by atoms with E-state index in [0.29, 0.717) is 16.8 Å². The Morgan fingerprint density at radius 1 is 1.26 bits per heavy atom. The number of hydrogen-bond acceptors (Lipinski definition) is 4. The Morgan fingerprint density at radius 2 is 1.89 bits per heavy atom. The van der Waals surface area contributed by atoms with Gasteiger partial charge in [-0.25, -0.2) is 0 Å². The normalized spacial score (nSPS) is 11.1. The molecule has 0 fully saturated rings. The molecule has 0 saturated heterocycles. The number of allylic oxidation sites excluding steroid dienone is 2. The number of alkyl halides is 3. The van der Waals surface area contributed by atoms with Crippen LogP contribution in [-0.4, -0.2) is 21.0 Å². The molecular weight excluding hydrogens is 542 g/mol. The predicted octanol–water partition coefficient (Wildman–Crippen LogP) is 4.40. The van der Waals surface area contributed by atoms with Crippen LogP contribution < -0.4 is 0 Å². The van der Waals surface area contributed by atoms with Crippen LogP contribution in [0.1, 0.15) is 30.5 Å². The summed E-state index contributed by atoms with van der Waals surface area (Å²) in [5.74, 6) is -0.0625. The summed E-state index contributed by atoms with van der Waals surface area (Å²) in [6.07, 6.45) is -1.82. The summed E-state index contributed by atoms with van der Waals surface area (Å²) in [4.78, 5) is 14.0. The monoisotopic (exact) mass is 561 g/mol. The van der Waals surface area contributed by atoms with Crippen LogP contribution >= 0.6 is 0 Å². The van der Waals surface area contributed by atoms with Crippen molar-refractivity contribution in [1.82, 2.24) is 4.98 Å². The molecule has 0 amide bonds. The maximum Gasteiger partial charge on any atom is 0.399 e. The smallest absolute Gasteiger partial charge is 0.399 e. The van der Waals surface area contributed by atoms with Crippen LogP contribution in [0, 0.1) is 13.0 Å². The summed E-state index contributed by atoms with van der Waals surface area (Å²) < 4.78 is 38.2. The number of carbonyl (C=O) groups is 1. The fourth-order valence-electron chi connectivity index (χ4n) is 2.02. The van der Waals surface area contributed by atoms with Crippen molar-refractivity contribution >= 4 is 5.78 Å². The van der Waals surface area contributed by atoms with Crippen LogP contribution in [0.2, 0.25) is 0 Å². The molecule has 0 radical (unpaired) electrons. The molecule has 1 heterocycles. The number of aromatic nitrogens is 1. The standard InChI is InChI=1S/C14H11F3NO.C5H8O2.Pt/c1-9-4-11(7-12(5-9)14(15,16)17)13-6-10(8-19)2-3-18-13;1-4(6)3-5(2)7;/h2-6,19H,8H2,1H3;3,6H,1-2H3;/q-1;;/b;4-3-;. The zero-order chi connectivity index (χ0) is 19.9. The molecule has 0 saturated carbocycles. The number of halogens is 3. The van der Waals surface area contributed by atoms with E-state index in [1.807, 2.05) is 0 Å². The van der Waals surface area contributed by atoms with Gasteiger partial charge in [-0.05, 0) is 36.7 Å². The maximum atomic E-state index is 12.7. The summed E-state index contributed by atoms with van der Waals surface area (Å²) >= 11 is 0. The number of rotatable bonds is 3. The van der Waals surface area contributed by atoms with Gasteiger partial charge < -0.3 is 15.2 Å². The van der Waals surface area contributed by atoms with Crippen molar-refractivity contribution in [2.45, 2.75) is 33.6 Å². The van der Waals surface area contributed by atoms with Gasteiger partial charge in [0.1, 0.15) is 0 Å². The Morgan fingerprint density at radius 3 is 2.33 bits per heavy atom. The van der Waals surface area contributed by atoms with E-state index in [2.05, 4.69) is 11.1 Å². The van der Waals surface area contributed by atoms with Crippen LogP contribution in [0.15, 0.2) is 42.3 Å². The average Bonchev–Trinajstić information content (AvgIpc) is 2.53. The minimum Gasteiger partial charge on any atom is -0.512 e. The number of hydrogen-bond donors (Lipinski definition) is 2. The van der Waals surface area contributed by atoms with Gasteiger partial charge in [0, 0.05) is 33.3 Å². The van der Waals surface area contributed by atoms with Gasteiger partial charge in [0.05, 0.1) is 12.4 Å².